The number of hydrogen-bond acceptors (Lipinski definition) is 8. The molecule has 1 saturated heterocycles. The second-order valence-corrected chi connectivity index (χ2v) is 7.30. The molecular formula is C24H22N2O7. The zero-order chi connectivity index (χ0) is 23.7. The van der Waals surface area contributed by atoms with Gasteiger partial charge >= 0.3 is 5.91 Å². The molecule has 1 aromatic heterocycles. The van der Waals surface area contributed by atoms with E-state index in [2.05, 4.69) is 5.16 Å². The first-order chi connectivity index (χ1) is 15.9. The fourth-order valence-corrected chi connectivity index (χ4v) is 3.81. The lowest BCUT2D eigenvalue weighted by Crippen LogP contribution is -2.30. The van der Waals surface area contributed by atoms with E-state index in [-0.39, 0.29) is 17.2 Å². The third-order valence-electron chi connectivity index (χ3n) is 5.38. The van der Waals surface area contributed by atoms with Gasteiger partial charge in [0.05, 0.1) is 26.9 Å². The van der Waals surface area contributed by atoms with E-state index in [4.69, 9.17) is 18.7 Å². The number of aliphatic hydroxyl groups excluding tert-OH is 1. The van der Waals surface area contributed by atoms with Crippen LogP contribution in [-0.2, 0) is 9.59 Å². The molecule has 0 aliphatic carbocycles. The maximum absolute atomic E-state index is 13.2. The first-order valence-corrected chi connectivity index (χ1v) is 10.00. The lowest BCUT2D eigenvalue weighted by Gasteiger charge is -2.24. The Hall–Kier alpha value is -4.27. The highest BCUT2D eigenvalue weighted by molar-refractivity contribution is 6.51. The zero-order valence-corrected chi connectivity index (χ0v) is 18.5. The summed E-state index contributed by atoms with van der Waals surface area (Å²) in [5.41, 5.74) is 0.622. The van der Waals surface area contributed by atoms with Gasteiger partial charge in [-0.05, 0) is 37.3 Å². The molecule has 2 heterocycles. The highest BCUT2D eigenvalue weighted by Crippen LogP contribution is 2.45. The summed E-state index contributed by atoms with van der Waals surface area (Å²) >= 11 is 0. The number of anilines is 1. The van der Waals surface area contributed by atoms with Crippen molar-refractivity contribution in [1.29, 1.82) is 0 Å². The normalized spacial score (nSPS) is 17.3. The number of aromatic nitrogens is 1. The van der Waals surface area contributed by atoms with E-state index in [1.54, 1.807) is 49.4 Å². The quantitative estimate of drug-likeness (QED) is 0.344. The molecule has 1 aliphatic heterocycles. The summed E-state index contributed by atoms with van der Waals surface area (Å²) < 4.78 is 21.2. The molecule has 1 atom stereocenters. The van der Waals surface area contributed by atoms with Gasteiger partial charge < -0.3 is 23.8 Å². The molecule has 1 aliphatic rings. The number of carbonyl (C=O) groups is 2. The summed E-state index contributed by atoms with van der Waals surface area (Å²) in [5, 5.41) is 15.2. The third-order valence-corrected chi connectivity index (χ3v) is 5.38. The van der Waals surface area contributed by atoms with Crippen LogP contribution in [0.25, 0.3) is 5.76 Å². The van der Waals surface area contributed by atoms with Crippen LogP contribution >= 0.6 is 0 Å². The summed E-state index contributed by atoms with van der Waals surface area (Å²) in [6.07, 6.45) is 0. The number of ketones is 1. The molecule has 1 amide bonds. The molecule has 9 heteroatoms. The molecule has 3 aromatic rings. The Morgan fingerprint density at radius 3 is 2.36 bits per heavy atom. The second-order valence-electron chi connectivity index (χ2n) is 7.30. The van der Waals surface area contributed by atoms with Crippen molar-refractivity contribution in [3.63, 3.8) is 0 Å². The molecule has 0 radical (unpaired) electrons. The van der Waals surface area contributed by atoms with Crippen molar-refractivity contribution >= 4 is 23.3 Å². The smallest absolute Gasteiger partial charge is 0.301 e. The van der Waals surface area contributed by atoms with Crippen LogP contribution in [0.1, 0.15) is 22.9 Å². The average molecular weight is 450 g/mol. The van der Waals surface area contributed by atoms with Gasteiger partial charge in [0.1, 0.15) is 34.8 Å². The Morgan fingerprint density at radius 1 is 1.00 bits per heavy atom. The van der Waals surface area contributed by atoms with Crippen LogP contribution in [0.2, 0.25) is 0 Å². The molecule has 170 valence electrons. The van der Waals surface area contributed by atoms with Crippen LogP contribution in [0.3, 0.4) is 0 Å². The monoisotopic (exact) mass is 450 g/mol. The average Bonchev–Trinajstić information content (AvgIpc) is 3.38. The minimum Gasteiger partial charge on any atom is -0.507 e. The van der Waals surface area contributed by atoms with Gasteiger partial charge in [0.15, 0.2) is 5.82 Å². The SMILES string of the molecule is COc1cccc(/C(O)=C2\C(=O)C(=O)N(c3cc(C)on3)C2c2cc(OC)ccc2OC)c1. The largest absolute Gasteiger partial charge is 0.507 e. The number of ether oxygens (including phenoxy) is 3. The van der Waals surface area contributed by atoms with Gasteiger partial charge in [-0.15, -0.1) is 0 Å². The van der Waals surface area contributed by atoms with E-state index in [1.165, 1.54) is 32.3 Å². The van der Waals surface area contributed by atoms with Crippen LogP contribution in [0.5, 0.6) is 17.2 Å². The van der Waals surface area contributed by atoms with Crippen molar-refractivity contribution < 1.29 is 33.4 Å². The predicted octanol–water partition coefficient (Wildman–Crippen LogP) is 3.64. The van der Waals surface area contributed by atoms with Crippen molar-refractivity contribution in [3.8, 4) is 17.2 Å². The van der Waals surface area contributed by atoms with Crippen molar-refractivity contribution in [3.05, 3.63) is 71.0 Å². The Morgan fingerprint density at radius 2 is 1.73 bits per heavy atom. The van der Waals surface area contributed by atoms with Gasteiger partial charge in [-0.2, -0.15) is 0 Å². The van der Waals surface area contributed by atoms with Gasteiger partial charge in [-0.1, -0.05) is 17.3 Å². The number of aryl methyl sites for hydroxylation is 1. The van der Waals surface area contributed by atoms with Crippen LogP contribution in [-0.4, -0.2) is 43.3 Å². The van der Waals surface area contributed by atoms with Crippen LogP contribution in [0.15, 0.2) is 58.6 Å². The van der Waals surface area contributed by atoms with Crippen LogP contribution < -0.4 is 19.1 Å². The summed E-state index contributed by atoms with van der Waals surface area (Å²) in [4.78, 5) is 27.6. The summed E-state index contributed by atoms with van der Waals surface area (Å²) in [6.45, 7) is 1.67. The second kappa shape index (κ2) is 8.70. The van der Waals surface area contributed by atoms with E-state index in [0.29, 0.717) is 34.1 Å². The predicted molar refractivity (Wildman–Crippen MR) is 119 cm³/mol. The van der Waals surface area contributed by atoms with E-state index in [9.17, 15) is 14.7 Å². The molecule has 0 spiro atoms. The van der Waals surface area contributed by atoms with Gasteiger partial charge in [-0.3, -0.25) is 14.5 Å². The maximum atomic E-state index is 13.2. The number of methoxy groups -OCH3 is 3. The minimum atomic E-state index is -1.05. The fraction of sp³-hybridized carbons (Fsp3) is 0.208. The minimum absolute atomic E-state index is 0.125. The molecule has 1 unspecified atom stereocenters. The highest BCUT2D eigenvalue weighted by atomic mass is 16.5. The summed E-state index contributed by atoms with van der Waals surface area (Å²) in [5.74, 6) is -0.141. The molecular weight excluding hydrogens is 428 g/mol. The van der Waals surface area contributed by atoms with Crippen molar-refractivity contribution in [1.82, 2.24) is 5.16 Å². The van der Waals surface area contributed by atoms with Crippen molar-refractivity contribution in [2.24, 2.45) is 0 Å². The molecule has 1 fully saturated rings. The number of carbonyl (C=O) groups excluding carboxylic acids is 2. The first kappa shape index (κ1) is 21.9. The topological polar surface area (TPSA) is 111 Å². The van der Waals surface area contributed by atoms with Gasteiger partial charge in [0.25, 0.3) is 5.78 Å². The fourth-order valence-electron chi connectivity index (χ4n) is 3.81. The Balaban J connectivity index is 2.00. The van der Waals surface area contributed by atoms with Crippen LogP contribution in [0, 0.1) is 6.92 Å². The highest BCUT2D eigenvalue weighted by Gasteiger charge is 2.49. The third kappa shape index (κ3) is 3.78. The number of aliphatic hydroxyl groups is 1. The molecule has 0 saturated carbocycles. The lowest BCUT2D eigenvalue weighted by molar-refractivity contribution is -0.132. The van der Waals surface area contributed by atoms with E-state index in [1.807, 2.05) is 0 Å². The molecule has 9 nitrogen and oxygen atoms in total. The zero-order valence-electron chi connectivity index (χ0n) is 18.5. The number of rotatable bonds is 6. The Bertz CT molecular complexity index is 1260. The van der Waals surface area contributed by atoms with Crippen molar-refractivity contribution in [2.75, 3.05) is 26.2 Å². The number of benzene rings is 2. The number of hydrogen-bond donors (Lipinski definition) is 1. The Kier molecular flexibility index (Phi) is 5.78. The Labute approximate surface area is 189 Å². The first-order valence-electron chi connectivity index (χ1n) is 10.00. The van der Waals surface area contributed by atoms with E-state index in [0.717, 1.165) is 0 Å². The van der Waals surface area contributed by atoms with Gasteiger partial charge in [0.2, 0.25) is 0 Å². The van der Waals surface area contributed by atoms with Gasteiger partial charge in [-0.25, -0.2) is 0 Å². The molecule has 1 N–H and O–H groups in total. The number of nitrogens with zero attached hydrogens (tertiary/aromatic N) is 2. The number of Topliss-reactive ketones (excluding diaryl/α,β-unsaturated/α-hetero) is 1. The molecule has 4 rings (SSSR count). The van der Waals surface area contributed by atoms with Crippen molar-refractivity contribution in [2.45, 2.75) is 13.0 Å². The molecule has 33 heavy (non-hydrogen) atoms. The summed E-state index contributed by atoms with van der Waals surface area (Å²) in [6, 6.07) is 12.1. The lowest BCUT2D eigenvalue weighted by atomic mass is 9.94. The van der Waals surface area contributed by atoms with Gasteiger partial charge in [0, 0.05) is 17.2 Å². The molecule has 2 aromatic carbocycles. The molecule has 0 bridgehead atoms. The standard InChI is InChI=1S/C24H22N2O7/c1-13-10-19(25-33-13)26-21(17-12-16(31-3)8-9-18(17)32-4)20(23(28)24(26)29)22(27)14-6-5-7-15(11-14)30-2/h5-12,21,27H,1-4H3/b22-20+. The summed E-state index contributed by atoms with van der Waals surface area (Å²) in [7, 11) is 4.46. The maximum Gasteiger partial charge on any atom is 0.301 e. The number of amides is 1. The van der Waals surface area contributed by atoms with Crippen LogP contribution in [0.4, 0.5) is 5.82 Å². The van der Waals surface area contributed by atoms with E-state index < -0.39 is 17.7 Å². The van der Waals surface area contributed by atoms with E-state index >= 15 is 0 Å².